The minimum Gasteiger partial charge on any atom is -0.341 e. The number of hydrogen-bond acceptors (Lipinski definition) is 7. The second-order valence-corrected chi connectivity index (χ2v) is 5.27. The largest absolute Gasteiger partial charge is 0.341 e. The van der Waals surface area contributed by atoms with Crippen LogP contribution in [-0.4, -0.2) is 27.1 Å². The molecule has 0 aliphatic carbocycles. The minimum atomic E-state index is -0.285. The second-order valence-electron chi connectivity index (χ2n) is 5.27. The highest BCUT2D eigenvalue weighted by Gasteiger charge is 2.32. The molecule has 4 N–H and O–H groups in total. The number of benzene rings is 1. The van der Waals surface area contributed by atoms with Crippen molar-refractivity contribution in [1.82, 2.24) is 20.5 Å². The summed E-state index contributed by atoms with van der Waals surface area (Å²) in [5.41, 5.74) is 10.1. The third-order valence-corrected chi connectivity index (χ3v) is 4.01. The van der Waals surface area contributed by atoms with E-state index in [1.165, 1.54) is 0 Å². The van der Waals surface area contributed by atoms with Crippen LogP contribution in [0.1, 0.15) is 23.5 Å². The Labute approximate surface area is 130 Å². The SMILES string of the molecule is N#CC1=C(CCN)Nc2n[nH]cc2C1c1cccc2nonc12. The molecular weight excluding hydrogens is 294 g/mol. The van der Waals surface area contributed by atoms with Crippen LogP contribution in [0.25, 0.3) is 11.0 Å². The molecule has 1 aliphatic rings. The van der Waals surface area contributed by atoms with Crippen molar-refractivity contribution in [2.24, 2.45) is 5.73 Å². The van der Waals surface area contributed by atoms with Gasteiger partial charge >= 0.3 is 0 Å². The number of hydrogen-bond donors (Lipinski definition) is 3. The smallest absolute Gasteiger partial charge is 0.156 e. The number of nitrogens with one attached hydrogen (secondary N) is 2. The zero-order chi connectivity index (χ0) is 15.8. The molecule has 3 heterocycles. The summed E-state index contributed by atoms with van der Waals surface area (Å²) < 4.78 is 4.85. The fourth-order valence-corrected chi connectivity index (χ4v) is 3.02. The standard InChI is InChI=1S/C15H13N7O/c16-5-4-11-9(6-17)13(10-7-18-20-15(10)19-11)8-2-1-3-12-14(8)22-23-21-12/h1-3,7,13H,4-5,16H2,(H2,18,19,20). The van der Waals surface area contributed by atoms with Crippen LogP contribution in [0.3, 0.4) is 0 Å². The number of aromatic nitrogens is 4. The van der Waals surface area contributed by atoms with Gasteiger partial charge in [0.15, 0.2) is 5.82 Å². The molecule has 4 rings (SSSR count). The van der Waals surface area contributed by atoms with Crippen molar-refractivity contribution in [1.29, 1.82) is 5.26 Å². The Bertz CT molecular complexity index is 946. The van der Waals surface area contributed by atoms with Gasteiger partial charge in [-0.2, -0.15) is 10.4 Å². The van der Waals surface area contributed by atoms with Crippen LogP contribution >= 0.6 is 0 Å². The molecule has 0 saturated heterocycles. The van der Waals surface area contributed by atoms with E-state index in [0.717, 1.165) is 16.8 Å². The van der Waals surface area contributed by atoms with Crippen LogP contribution < -0.4 is 11.1 Å². The van der Waals surface area contributed by atoms with E-state index < -0.39 is 0 Å². The van der Waals surface area contributed by atoms with Crippen molar-refractivity contribution in [2.75, 3.05) is 11.9 Å². The van der Waals surface area contributed by atoms with Gasteiger partial charge in [0.05, 0.1) is 17.6 Å². The number of nitriles is 1. The van der Waals surface area contributed by atoms with E-state index in [1.54, 1.807) is 6.20 Å². The summed E-state index contributed by atoms with van der Waals surface area (Å²) >= 11 is 0. The van der Waals surface area contributed by atoms with Gasteiger partial charge in [-0.15, -0.1) is 0 Å². The zero-order valence-electron chi connectivity index (χ0n) is 12.1. The summed E-state index contributed by atoms with van der Waals surface area (Å²) in [4.78, 5) is 0. The van der Waals surface area contributed by atoms with Crippen LogP contribution in [0.4, 0.5) is 5.82 Å². The monoisotopic (exact) mass is 307 g/mol. The number of anilines is 1. The molecule has 1 atom stereocenters. The summed E-state index contributed by atoms with van der Waals surface area (Å²) in [6.07, 6.45) is 2.36. The molecule has 8 heteroatoms. The Kier molecular flexibility index (Phi) is 3.06. The Balaban J connectivity index is 1.98. The van der Waals surface area contributed by atoms with E-state index in [9.17, 15) is 5.26 Å². The molecule has 1 aromatic carbocycles. The lowest BCUT2D eigenvalue weighted by Crippen LogP contribution is -2.20. The highest BCUT2D eigenvalue weighted by molar-refractivity contribution is 5.80. The van der Waals surface area contributed by atoms with Gasteiger partial charge in [0.1, 0.15) is 11.0 Å². The molecule has 3 aromatic rings. The van der Waals surface area contributed by atoms with Crippen molar-refractivity contribution in [3.8, 4) is 6.07 Å². The molecule has 0 saturated carbocycles. The lowest BCUT2D eigenvalue weighted by atomic mass is 9.82. The molecular formula is C15H13N7O. The number of aromatic amines is 1. The first kappa shape index (κ1) is 13.5. The average molecular weight is 307 g/mol. The van der Waals surface area contributed by atoms with Gasteiger partial charge in [0, 0.05) is 23.9 Å². The van der Waals surface area contributed by atoms with Gasteiger partial charge in [-0.1, -0.05) is 12.1 Å². The Morgan fingerprint density at radius 3 is 3.04 bits per heavy atom. The van der Waals surface area contributed by atoms with Gasteiger partial charge < -0.3 is 11.1 Å². The summed E-state index contributed by atoms with van der Waals surface area (Å²) in [6.45, 7) is 0.440. The fraction of sp³-hybridized carbons (Fsp3) is 0.200. The van der Waals surface area contributed by atoms with E-state index in [4.69, 9.17) is 10.4 Å². The zero-order valence-corrected chi connectivity index (χ0v) is 12.1. The Morgan fingerprint density at radius 1 is 1.30 bits per heavy atom. The lowest BCUT2D eigenvalue weighted by Gasteiger charge is -2.25. The maximum absolute atomic E-state index is 9.73. The molecule has 23 heavy (non-hydrogen) atoms. The maximum Gasteiger partial charge on any atom is 0.156 e. The number of H-pyrrole nitrogens is 1. The molecule has 0 bridgehead atoms. The third-order valence-electron chi connectivity index (χ3n) is 4.01. The molecule has 2 aromatic heterocycles. The molecule has 1 unspecified atom stereocenters. The number of allylic oxidation sites excluding steroid dienone is 1. The average Bonchev–Trinajstić information content (AvgIpc) is 3.22. The molecule has 0 amide bonds. The predicted octanol–water partition coefficient (Wildman–Crippen LogP) is 1.63. The van der Waals surface area contributed by atoms with Gasteiger partial charge in [-0.25, -0.2) is 4.63 Å². The summed E-state index contributed by atoms with van der Waals surface area (Å²) in [5, 5.41) is 27.9. The van der Waals surface area contributed by atoms with E-state index >= 15 is 0 Å². The first-order valence-corrected chi connectivity index (χ1v) is 7.18. The first-order chi connectivity index (χ1) is 11.3. The van der Waals surface area contributed by atoms with Crippen LogP contribution in [0.15, 0.2) is 40.3 Å². The topological polar surface area (TPSA) is 129 Å². The molecule has 1 aliphatic heterocycles. The lowest BCUT2D eigenvalue weighted by molar-refractivity contribution is 0.315. The summed E-state index contributed by atoms with van der Waals surface area (Å²) in [6, 6.07) is 7.94. The van der Waals surface area contributed by atoms with Crippen molar-refractivity contribution in [3.05, 3.63) is 46.8 Å². The molecule has 0 fully saturated rings. The molecule has 0 radical (unpaired) electrons. The van der Waals surface area contributed by atoms with E-state index in [1.807, 2.05) is 18.2 Å². The highest BCUT2D eigenvalue weighted by Crippen LogP contribution is 2.42. The normalized spacial score (nSPS) is 17.0. The number of rotatable bonds is 3. The van der Waals surface area contributed by atoms with E-state index in [-0.39, 0.29) is 5.92 Å². The van der Waals surface area contributed by atoms with Crippen LogP contribution in [-0.2, 0) is 0 Å². The van der Waals surface area contributed by atoms with Gasteiger partial charge in [0.25, 0.3) is 0 Å². The fourth-order valence-electron chi connectivity index (χ4n) is 3.02. The predicted molar refractivity (Wildman–Crippen MR) is 82.2 cm³/mol. The van der Waals surface area contributed by atoms with Gasteiger partial charge in [0.2, 0.25) is 0 Å². The van der Waals surface area contributed by atoms with Crippen LogP contribution in [0, 0.1) is 11.3 Å². The third kappa shape index (κ3) is 1.98. The minimum absolute atomic E-state index is 0.285. The van der Waals surface area contributed by atoms with Gasteiger partial charge in [-0.05, 0) is 28.5 Å². The summed E-state index contributed by atoms with van der Waals surface area (Å²) in [5.74, 6) is 0.415. The second kappa shape index (κ2) is 5.23. The maximum atomic E-state index is 9.73. The van der Waals surface area contributed by atoms with E-state index in [2.05, 4.69) is 31.9 Å². The van der Waals surface area contributed by atoms with E-state index in [0.29, 0.717) is 35.4 Å². The molecule has 8 nitrogen and oxygen atoms in total. The number of nitrogens with zero attached hydrogens (tertiary/aromatic N) is 4. The molecule has 0 spiro atoms. The number of nitrogens with two attached hydrogens (primary N) is 1. The van der Waals surface area contributed by atoms with Crippen molar-refractivity contribution >= 4 is 16.9 Å². The van der Waals surface area contributed by atoms with Crippen molar-refractivity contribution in [3.63, 3.8) is 0 Å². The van der Waals surface area contributed by atoms with Crippen LogP contribution in [0.5, 0.6) is 0 Å². The first-order valence-electron chi connectivity index (χ1n) is 7.18. The highest BCUT2D eigenvalue weighted by atomic mass is 16.6. The quantitative estimate of drug-likeness (QED) is 0.670. The Morgan fingerprint density at radius 2 is 2.22 bits per heavy atom. The Hall–Kier alpha value is -3.18. The molecule has 114 valence electrons. The van der Waals surface area contributed by atoms with Crippen molar-refractivity contribution < 1.29 is 4.63 Å². The van der Waals surface area contributed by atoms with Crippen LogP contribution in [0.2, 0.25) is 0 Å². The van der Waals surface area contributed by atoms with Gasteiger partial charge in [-0.3, -0.25) is 5.10 Å². The number of fused-ring (bicyclic) bond motifs is 2. The summed E-state index contributed by atoms with van der Waals surface area (Å²) in [7, 11) is 0. The van der Waals surface area contributed by atoms with Crippen molar-refractivity contribution in [2.45, 2.75) is 12.3 Å².